The minimum Gasteiger partial charge on any atom is -0.315 e. The fraction of sp³-hybridized carbons (Fsp3) is 0.714. The van der Waals surface area contributed by atoms with Gasteiger partial charge in [-0.15, -0.1) is 11.3 Å². The maximum absolute atomic E-state index is 12.6. The van der Waals surface area contributed by atoms with Gasteiger partial charge in [0.2, 0.25) is 0 Å². The molecular weight excluding hydrogens is 306 g/mol. The molecule has 1 N–H and O–H groups in total. The molecule has 120 valence electrons. The molecule has 1 fully saturated rings. The fourth-order valence-electron chi connectivity index (χ4n) is 2.74. The van der Waals surface area contributed by atoms with E-state index in [0.29, 0.717) is 29.8 Å². The van der Waals surface area contributed by atoms with Crippen molar-refractivity contribution in [3.8, 4) is 0 Å². The van der Waals surface area contributed by atoms with Gasteiger partial charge in [0, 0.05) is 31.1 Å². The number of thiophene rings is 1. The number of rotatable bonds is 6. The van der Waals surface area contributed by atoms with E-state index in [1.807, 2.05) is 13.1 Å². The Balaban J connectivity index is 2.00. The Morgan fingerprint density at radius 1 is 1.33 bits per heavy atom. The number of hydrogen-bond acceptors (Lipinski definition) is 5. The molecule has 1 aliphatic rings. The number of piperidine rings is 1. The lowest BCUT2D eigenvalue weighted by Crippen LogP contribution is -2.40. The van der Waals surface area contributed by atoms with Crippen LogP contribution < -0.4 is 5.32 Å². The minimum atomic E-state index is -3.30. The molecule has 0 aromatic carbocycles. The molecule has 2 heterocycles. The van der Waals surface area contributed by atoms with Crippen LogP contribution in [-0.4, -0.2) is 58.4 Å². The first kappa shape index (κ1) is 16.9. The molecular formula is C14H25N3O2S2. The summed E-state index contributed by atoms with van der Waals surface area (Å²) >= 11 is 1.37. The van der Waals surface area contributed by atoms with Crippen LogP contribution >= 0.6 is 11.3 Å². The monoisotopic (exact) mass is 331 g/mol. The first-order chi connectivity index (χ1) is 9.93. The number of nitrogens with one attached hydrogen (secondary N) is 1. The average Bonchev–Trinajstić information content (AvgIpc) is 2.88. The Labute approximate surface area is 132 Å². The second-order valence-corrected chi connectivity index (χ2v) is 9.19. The van der Waals surface area contributed by atoms with Crippen LogP contribution in [0.25, 0.3) is 0 Å². The molecule has 21 heavy (non-hydrogen) atoms. The zero-order chi connectivity index (χ0) is 15.5. The topological polar surface area (TPSA) is 52.7 Å². The second kappa shape index (κ2) is 7.19. The molecule has 0 saturated carbocycles. The lowest BCUT2D eigenvalue weighted by molar-refractivity contribution is 0.225. The van der Waals surface area contributed by atoms with Gasteiger partial charge >= 0.3 is 0 Å². The molecule has 0 unspecified atom stereocenters. The summed E-state index contributed by atoms with van der Waals surface area (Å²) in [6, 6.07) is 3.63. The molecule has 0 bridgehead atoms. The predicted molar refractivity (Wildman–Crippen MR) is 87.1 cm³/mol. The largest absolute Gasteiger partial charge is 0.315 e. The molecule has 7 heteroatoms. The van der Waals surface area contributed by atoms with E-state index in [-0.39, 0.29) is 0 Å². The van der Waals surface area contributed by atoms with Crippen LogP contribution in [0.3, 0.4) is 0 Å². The van der Waals surface area contributed by atoms with Gasteiger partial charge in [-0.1, -0.05) is 0 Å². The van der Waals surface area contributed by atoms with Crippen molar-refractivity contribution in [3.63, 3.8) is 0 Å². The molecule has 0 amide bonds. The van der Waals surface area contributed by atoms with E-state index >= 15 is 0 Å². The third kappa shape index (κ3) is 4.26. The second-order valence-electron chi connectivity index (χ2n) is 5.86. The van der Waals surface area contributed by atoms with Gasteiger partial charge in [0.1, 0.15) is 4.21 Å². The maximum Gasteiger partial charge on any atom is 0.252 e. The van der Waals surface area contributed by atoms with E-state index in [9.17, 15) is 8.42 Å². The summed E-state index contributed by atoms with van der Waals surface area (Å²) in [5.41, 5.74) is 0. The summed E-state index contributed by atoms with van der Waals surface area (Å²) in [6.45, 7) is 3.03. The highest BCUT2D eigenvalue weighted by Crippen LogP contribution is 2.28. The summed E-state index contributed by atoms with van der Waals surface area (Å²) < 4.78 is 27.4. The van der Waals surface area contributed by atoms with Crippen molar-refractivity contribution in [1.82, 2.24) is 14.5 Å². The minimum absolute atomic E-state index is 0.471. The van der Waals surface area contributed by atoms with Crippen LogP contribution in [0.15, 0.2) is 16.3 Å². The first-order valence-electron chi connectivity index (χ1n) is 7.31. The molecule has 5 nitrogen and oxygen atoms in total. The van der Waals surface area contributed by atoms with Crippen molar-refractivity contribution < 1.29 is 8.42 Å². The van der Waals surface area contributed by atoms with Gasteiger partial charge in [-0.25, -0.2) is 8.42 Å². The SMILES string of the molecule is CNCc1ccc(S(=O)(=O)N2CCC(CN(C)C)CC2)s1. The Kier molecular flexibility index (Phi) is 5.79. The lowest BCUT2D eigenvalue weighted by Gasteiger charge is -2.32. The molecule has 2 rings (SSSR count). The maximum atomic E-state index is 12.6. The molecule has 1 aromatic rings. The van der Waals surface area contributed by atoms with Gasteiger partial charge in [0.15, 0.2) is 0 Å². The summed E-state index contributed by atoms with van der Waals surface area (Å²) in [6.07, 6.45) is 1.90. The zero-order valence-electron chi connectivity index (χ0n) is 13.0. The van der Waals surface area contributed by atoms with Gasteiger partial charge in [-0.05, 0) is 52.0 Å². The molecule has 0 radical (unpaired) electrons. The highest BCUT2D eigenvalue weighted by molar-refractivity contribution is 7.91. The van der Waals surface area contributed by atoms with Crippen molar-refractivity contribution >= 4 is 21.4 Å². The lowest BCUT2D eigenvalue weighted by atomic mass is 9.98. The van der Waals surface area contributed by atoms with Gasteiger partial charge in [0.25, 0.3) is 10.0 Å². The molecule has 1 saturated heterocycles. The standard InChI is InChI=1S/C14H25N3O2S2/c1-15-10-13-4-5-14(20-13)21(18,19)17-8-6-12(7-9-17)11-16(2)3/h4-5,12,15H,6-11H2,1-3H3. The first-order valence-corrected chi connectivity index (χ1v) is 9.57. The smallest absolute Gasteiger partial charge is 0.252 e. The summed E-state index contributed by atoms with van der Waals surface area (Å²) in [5.74, 6) is 0.606. The van der Waals surface area contributed by atoms with Crippen LogP contribution in [0.2, 0.25) is 0 Å². The van der Waals surface area contributed by atoms with Crippen LogP contribution in [-0.2, 0) is 16.6 Å². The zero-order valence-corrected chi connectivity index (χ0v) is 14.6. The summed E-state index contributed by atoms with van der Waals surface area (Å²) in [7, 11) is 2.70. The quantitative estimate of drug-likeness (QED) is 0.857. The van der Waals surface area contributed by atoms with Crippen LogP contribution in [0.5, 0.6) is 0 Å². The van der Waals surface area contributed by atoms with Crippen molar-refractivity contribution in [2.24, 2.45) is 5.92 Å². The van der Waals surface area contributed by atoms with Crippen molar-refractivity contribution in [2.75, 3.05) is 40.8 Å². The van der Waals surface area contributed by atoms with Crippen molar-refractivity contribution in [3.05, 3.63) is 17.0 Å². The van der Waals surface area contributed by atoms with E-state index in [4.69, 9.17) is 0 Å². The van der Waals surface area contributed by atoms with Crippen LogP contribution in [0.1, 0.15) is 17.7 Å². The van der Waals surface area contributed by atoms with Gasteiger partial charge < -0.3 is 10.2 Å². The third-order valence-electron chi connectivity index (χ3n) is 3.78. The van der Waals surface area contributed by atoms with E-state index in [1.54, 1.807) is 10.4 Å². The van der Waals surface area contributed by atoms with E-state index in [1.165, 1.54) is 11.3 Å². The summed E-state index contributed by atoms with van der Waals surface area (Å²) in [4.78, 5) is 3.23. The van der Waals surface area contributed by atoms with Crippen LogP contribution in [0.4, 0.5) is 0 Å². The molecule has 0 atom stereocenters. The van der Waals surface area contributed by atoms with Crippen molar-refractivity contribution in [1.29, 1.82) is 0 Å². The third-order valence-corrected chi connectivity index (χ3v) is 7.23. The molecule has 1 aliphatic heterocycles. The Morgan fingerprint density at radius 3 is 2.57 bits per heavy atom. The Hall–Kier alpha value is -0.470. The predicted octanol–water partition coefficient (Wildman–Crippen LogP) is 1.43. The van der Waals surface area contributed by atoms with E-state index < -0.39 is 10.0 Å². The fourth-order valence-corrected chi connectivity index (χ4v) is 5.73. The van der Waals surface area contributed by atoms with E-state index in [0.717, 1.165) is 24.3 Å². The van der Waals surface area contributed by atoms with E-state index in [2.05, 4.69) is 24.3 Å². The normalized spacial score (nSPS) is 18.5. The number of nitrogens with zero attached hydrogens (tertiary/aromatic N) is 2. The molecule has 0 spiro atoms. The molecule has 1 aromatic heterocycles. The Morgan fingerprint density at radius 2 is 2.00 bits per heavy atom. The van der Waals surface area contributed by atoms with Gasteiger partial charge in [0.05, 0.1) is 0 Å². The number of hydrogen-bond donors (Lipinski definition) is 1. The number of sulfonamides is 1. The highest BCUT2D eigenvalue weighted by atomic mass is 32.2. The highest BCUT2D eigenvalue weighted by Gasteiger charge is 2.30. The average molecular weight is 332 g/mol. The van der Waals surface area contributed by atoms with Gasteiger partial charge in [-0.3, -0.25) is 0 Å². The Bertz CT molecular complexity index is 546. The van der Waals surface area contributed by atoms with Crippen molar-refractivity contribution in [2.45, 2.75) is 23.6 Å². The van der Waals surface area contributed by atoms with Crippen LogP contribution in [0, 0.1) is 5.92 Å². The summed E-state index contributed by atoms with van der Waals surface area (Å²) in [5, 5.41) is 3.05. The van der Waals surface area contributed by atoms with Gasteiger partial charge in [-0.2, -0.15) is 4.31 Å². The molecule has 0 aliphatic carbocycles.